The second kappa shape index (κ2) is 5.76. The standard InChI is InChI=1S/C19H14ClN3O2/c1-24-11-3-5-13-17(7-11)25-19(22)14(8-21)18(13)15-9-23-16-6-10(20)2-4-12(15)16/h2-7,9,18,23H,22H2,1H3. The lowest BCUT2D eigenvalue weighted by atomic mass is 9.83. The molecule has 25 heavy (non-hydrogen) atoms. The Labute approximate surface area is 149 Å². The third-order valence-corrected chi connectivity index (χ3v) is 4.65. The number of aromatic nitrogens is 1. The summed E-state index contributed by atoms with van der Waals surface area (Å²) < 4.78 is 10.9. The van der Waals surface area contributed by atoms with Gasteiger partial charge in [-0.15, -0.1) is 0 Å². The van der Waals surface area contributed by atoms with E-state index in [0.717, 1.165) is 22.0 Å². The number of hydrogen-bond donors (Lipinski definition) is 2. The van der Waals surface area contributed by atoms with Crippen LogP contribution in [0.15, 0.2) is 54.1 Å². The first kappa shape index (κ1) is 15.4. The van der Waals surface area contributed by atoms with Crippen LogP contribution in [0.2, 0.25) is 5.02 Å². The third kappa shape index (κ3) is 2.39. The fourth-order valence-corrected chi connectivity index (χ4v) is 3.41. The third-order valence-electron chi connectivity index (χ3n) is 4.41. The summed E-state index contributed by atoms with van der Waals surface area (Å²) in [5.41, 5.74) is 9.12. The summed E-state index contributed by atoms with van der Waals surface area (Å²) in [7, 11) is 1.59. The van der Waals surface area contributed by atoms with Gasteiger partial charge in [0, 0.05) is 33.8 Å². The van der Waals surface area contributed by atoms with Gasteiger partial charge in [0.15, 0.2) is 0 Å². The fraction of sp³-hybridized carbons (Fsp3) is 0.105. The highest BCUT2D eigenvalue weighted by molar-refractivity contribution is 6.31. The smallest absolute Gasteiger partial charge is 0.205 e. The van der Waals surface area contributed by atoms with Crippen molar-refractivity contribution < 1.29 is 9.47 Å². The Kier molecular flexibility index (Phi) is 3.56. The van der Waals surface area contributed by atoms with Crippen LogP contribution in [-0.4, -0.2) is 12.1 Å². The average Bonchev–Trinajstić information content (AvgIpc) is 3.02. The molecule has 1 aromatic heterocycles. The molecule has 4 rings (SSSR count). The first-order chi connectivity index (χ1) is 12.1. The fourth-order valence-electron chi connectivity index (χ4n) is 3.24. The normalized spacial score (nSPS) is 16.3. The maximum absolute atomic E-state index is 9.65. The Morgan fingerprint density at radius 2 is 2.08 bits per heavy atom. The molecule has 2 aromatic carbocycles. The van der Waals surface area contributed by atoms with Gasteiger partial charge in [0.1, 0.15) is 23.1 Å². The number of halogens is 1. The highest BCUT2D eigenvalue weighted by Crippen LogP contribution is 2.45. The average molecular weight is 352 g/mol. The molecule has 3 aromatic rings. The molecule has 0 fully saturated rings. The first-order valence-electron chi connectivity index (χ1n) is 7.64. The zero-order valence-corrected chi connectivity index (χ0v) is 14.1. The molecule has 0 radical (unpaired) electrons. The Hall–Kier alpha value is -3.10. The number of methoxy groups -OCH3 is 1. The number of nitrogens with one attached hydrogen (secondary N) is 1. The topological polar surface area (TPSA) is 84.1 Å². The Bertz CT molecular complexity index is 1060. The molecule has 6 heteroatoms. The number of ether oxygens (including phenoxy) is 2. The predicted molar refractivity (Wildman–Crippen MR) is 95.6 cm³/mol. The number of hydrogen-bond acceptors (Lipinski definition) is 4. The molecule has 1 aliphatic heterocycles. The van der Waals surface area contributed by atoms with Gasteiger partial charge >= 0.3 is 0 Å². The monoisotopic (exact) mass is 351 g/mol. The van der Waals surface area contributed by atoms with Crippen molar-refractivity contribution in [2.24, 2.45) is 5.73 Å². The lowest BCUT2D eigenvalue weighted by molar-refractivity contribution is 0.381. The van der Waals surface area contributed by atoms with E-state index in [-0.39, 0.29) is 11.8 Å². The molecule has 1 unspecified atom stereocenters. The van der Waals surface area contributed by atoms with Crippen LogP contribution in [0.5, 0.6) is 11.5 Å². The van der Waals surface area contributed by atoms with E-state index < -0.39 is 0 Å². The van der Waals surface area contributed by atoms with Crippen molar-refractivity contribution in [1.29, 1.82) is 5.26 Å². The summed E-state index contributed by atoms with van der Waals surface area (Å²) in [5.74, 6) is 1.03. The maximum Gasteiger partial charge on any atom is 0.205 e. The van der Waals surface area contributed by atoms with Gasteiger partial charge in [-0.05, 0) is 23.8 Å². The Balaban J connectivity index is 1.97. The van der Waals surface area contributed by atoms with Crippen molar-refractivity contribution in [3.63, 3.8) is 0 Å². The number of H-pyrrole nitrogens is 1. The van der Waals surface area contributed by atoms with Crippen LogP contribution < -0.4 is 15.2 Å². The van der Waals surface area contributed by atoms with Gasteiger partial charge in [-0.25, -0.2) is 0 Å². The number of allylic oxidation sites excluding steroid dienone is 1. The highest BCUT2D eigenvalue weighted by atomic mass is 35.5. The first-order valence-corrected chi connectivity index (χ1v) is 8.02. The molecule has 3 N–H and O–H groups in total. The highest BCUT2D eigenvalue weighted by Gasteiger charge is 2.32. The minimum absolute atomic E-state index is 0.108. The summed E-state index contributed by atoms with van der Waals surface area (Å²) in [6.45, 7) is 0. The minimum Gasteiger partial charge on any atom is -0.497 e. The van der Waals surface area contributed by atoms with E-state index in [1.165, 1.54) is 0 Å². The SMILES string of the molecule is COc1ccc2c(c1)OC(N)=C(C#N)C2c1c[nH]c2cc(Cl)ccc12. The number of aromatic amines is 1. The lowest BCUT2D eigenvalue weighted by Crippen LogP contribution is -2.20. The number of nitriles is 1. The van der Waals surface area contributed by atoms with Crippen LogP contribution >= 0.6 is 11.6 Å². The second-order valence-corrected chi connectivity index (χ2v) is 6.20. The summed E-state index contributed by atoms with van der Waals surface area (Å²) in [6, 6.07) is 13.3. The Morgan fingerprint density at radius 3 is 2.84 bits per heavy atom. The number of benzene rings is 2. The summed E-state index contributed by atoms with van der Waals surface area (Å²) in [4.78, 5) is 3.22. The van der Waals surface area contributed by atoms with Crippen molar-refractivity contribution in [3.05, 3.63) is 70.2 Å². The quantitative estimate of drug-likeness (QED) is 0.729. The van der Waals surface area contributed by atoms with E-state index >= 15 is 0 Å². The molecular weight excluding hydrogens is 338 g/mol. The van der Waals surface area contributed by atoms with Gasteiger partial charge in [0.2, 0.25) is 5.88 Å². The molecule has 0 spiro atoms. The molecule has 0 saturated carbocycles. The van der Waals surface area contributed by atoms with Gasteiger partial charge in [0.05, 0.1) is 13.0 Å². The zero-order chi connectivity index (χ0) is 17.6. The van der Waals surface area contributed by atoms with Gasteiger partial charge < -0.3 is 20.2 Å². The molecule has 0 amide bonds. The van der Waals surface area contributed by atoms with Crippen molar-refractivity contribution in [2.45, 2.75) is 5.92 Å². The van der Waals surface area contributed by atoms with Crippen molar-refractivity contribution in [2.75, 3.05) is 7.11 Å². The molecule has 5 nitrogen and oxygen atoms in total. The van der Waals surface area contributed by atoms with E-state index in [1.807, 2.05) is 36.5 Å². The number of nitrogens with two attached hydrogens (primary N) is 1. The van der Waals surface area contributed by atoms with Crippen LogP contribution in [0, 0.1) is 11.3 Å². The minimum atomic E-state index is -0.324. The number of fused-ring (bicyclic) bond motifs is 2. The molecular formula is C19H14ClN3O2. The molecule has 0 bridgehead atoms. The van der Waals surface area contributed by atoms with Crippen molar-refractivity contribution in [3.8, 4) is 17.6 Å². The van der Waals surface area contributed by atoms with E-state index in [0.29, 0.717) is 22.1 Å². The summed E-state index contributed by atoms with van der Waals surface area (Å²) >= 11 is 6.07. The molecule has 2 heterocycles. The van der Waals surface area contributed by atoms with Gasteiger partial charge in [-0.2, -0.15) is 5.26 Å². The summed E-state index contributed by atoms with van der Waals surface area (Å²) in [6.07, 6.45) is 1.88. The van der Waals surface area contributed by atoms with Crippen molar-refractivity contribution >= 4 is 22.5 Å². The van der Waals surface area contributed by atoms with Gasteiger partial charge in [0.25, 0.3) is 0 Å². The van der Waals surface area contributed by atoms with Gasteiger partial charge in [-0.1, -0.05) is 23.7 Å². The summed E-state index contributed by atoms with van der Waals surface area (Å²) in [5, 5.41) is 11.3. The second-order valence-electron chi connectivity index (χ2n) is 5.76. The number of rotatable bonds is 2. The molecule has 0 saturated heterocycles. The maximum atomic E-state index is 9.65. The predicted octanol–water partition coefficient (Wildman–Crippen LogP) is 4.05. The van der Waals surface area contributed by atoms with Crippen molar-refractivity contribution in [1.82, 2.24) is 4.98 Å². The van der Waals surface area contributed by atoms with Crippen LogP contribution in [0.25, 0.3) is 10.9 Å². The van der Waals surface area contributed by atoms with Crippen LogP contribution in [-0.2, 0) is 0 Å². The van der Waals surface area contributed by atoms with E-state index in [2.05, 4.69) is 11.1 Å². The largest absolute Gasteiger partial charge is 0.497 e. The van der Waals surface area contributed by atoms with E-state index in [1.54, 1.807) is 13.2 Å². The molecule has 124 valence electrons. The van der Waals surface area contributed by atoms with Crippen LogP contribution in [0.3, 0.4) is 0 Å². The zero-order valence-electron chi connectivity index (χ0n) is 13.3. The van der Waals surface area contributed by atoms with Gasteiger partial charge in [-0.3, -0.25) is 0 Å². The molecule has 1 aliphatic rings. The van der Waals surface area contributed by atoms with E-state index in [9.17, 15) is 5.26 Å². The molecule has 1 atom stereocenters. The lowest BCUT2D eigenvalue weighted by Gasteiger charge is -2.26. The number of nitrogens with zero attached hydrogens (tertiary/aromatic N) is 1. The van der Waals surface area contributed by atoms with Crippen LogP contribution in [0.1, 0.15) is 17.0 Å². The van der Waals surface area contributed by atoms with E-state index in [4.69, 9.17) is 26.8 Å². The van der Waals surface area contributed by atoms with Crippen LogP contribution in [0.4, 0.5) is 0 Å². The Morgan fingerprint density at radius 1 is 1.24 bits per heavy atom. The molecule has 0 aliphatic carbocycles.